The SMILES string of the molecule is CCCCC(C(=O)N1CCC[C@H]1C(=O)Nc1nccc(C)n1)[C@H](O)C(=O)NO. The highest BCUT2D eigenvalue weighted by atomic mass is 16.5. The Labute approximate surface area is 163 Å². The van der Waals surface area contributed by atoms with Crippen molar-refractivity contribution in [2.24, 2.45) is 5.92 Å². The van der Waals surface area contributed by atoms with E-state index in [-0.39, 0.29) is 12.4 Å². The first kappa shape index (κ1) is 21.7. The molecule has 0 saturated carbocycles. The Balaban J connectivity index is 2.14. The number of carbonyl (C=O) groups excluding carboxylic acids is 3. The second kappa shape index (κ2) is 10.1. The van der Waals surface area contributed by atoms with Crippen molar-refractivity contribution in [1.29, 1.82) is 0 Å². The molecular weight excluding hydrogens is 366 g/mol. The van der Waals surface area contributed by atoms with E-state index in [1.165, 1.54) is 16.6 Å². The van der Waals surface area contributed by atoms with E-state index >= 15 is 0 Å². The Kier molecular flexibility index (Phi) is 7.82. The highest BCUT2D eigenvalue weighted by Crippen LogP contribution is 2.25. The average Bonchev–Trinajstić information content (AvgIpc) is 3.17. The van der Waals surface area contributed by atoms with Crippen LogP contribution in [0, 0.1) is 12.8 Å². The van der Waals surface area contributed by atoms with E-state index in [0.29, 0.717) is 31.5 Å². The number of aromatic nitrogens is 2. The molecule has 3 amide bonds. The second-order valence-electron chi connectivity index (χ2n) is 6.87. The van der Waals surface area contributed by atoms with Gasteiger partial charge in [-0.15, -0.1) is 0 Å². The van der Waals surface area contributed by atoms with Gasteiger partial charge in [-0.3, -0.25) is 24.9 Å². The van der Waals surface area contributed by atoms with E-state index < -0.39 is 35.8 Å². The van der Waals surface area contributed by atoms with Crippen LogP contribution in [0.15, 0.2) is 12.3 Å². The van der Waals surface area contributed by atoms with Gasteiger partial charge in [-0.05, 0) is 32.3 Å². The largest absolute Gasteiger partial charge is 0.382 e. The van der Waals surface area contributed by atoms with E-state index in [1.807, 2.05) is 6.92 Å². The summed E-state index contributed by atoms with van der Waals surface area (Å²) in [5.74, 6) is -2.80. The molecule has 10 nitrogen and oxygen atoms in total. The first-order valence-electron chi connectivity index (χ1n) is 9.42. The van der Waals surface area contributed by atoms with Crippen molar-refractivity contribution in [3.8, 4) is 0 Å². The molecule has 28 heavy (non-hydrogen) atoms. The molecule has 2 heterocycles. The number of anilines is 1. The monoisotopic (exact) mass is 393 g/mol. The van der Waals surface area contributed by atoms with E-state index in [0.717, 1.165) is 6.42 Å². The third-order valence-corrected chi connectivity index (χ3v) is 4.81. The summed E-state index contributed by atoms with van der Waals surface area (Å²) in [7, 11) is 0. The summed E-state index contributed by atoms with van der Waals surface area (Å²) in [6.07, 6.45) is 2.59. The predicted molar refractivity (Wildman–Crippen MR) is 99.1 cm³/mol. The van der Waals surface area contributed by atoms with Crippen molar-refractivity contribution in [3.63, 3.8) is 0 Å². The zero-order chi connectivity index (χ0) is 20.7. The lowest BCUT2D eigenvalue weighted by atomic mass is 9.93. The van der Waals surface area contributed by atoms with Crippen LogP contribution in [-0.2, 0) is 14.4 Å². The maximum atomic E-state index is 13.0. The number of hydrogen-bond donors (Lipinski definition) is 4. The number of hydroxylamine groups is 1. The number of aliphatic hydroxyl groups excluding tert-OH is 1. The number of amides is 3. The lowest BCUT2D eigenvalue weighted by molar-refractivity contribution is -0.152. The summed E-state index contributed by atoms with van der Waals surface area (Å²) in [6.45, 7) is 4.05. The minimum absolute atomic E-state index is 0.159. The molecule has 0 aliphatic carbocycles. The molecule has 0 radical (unpaired) electrons. The Morgan fingerprint density at radius 3 is 2.79 bits per heavy atom. The maximum absolute atomic E-state index is 13.0. The number of aryl methyl sites for hydroxylation is 1. The fourth-order valence-corrected chi connectivity index (χ4v) is 3.31. The first-order chi connectivity index (χ1) is 13.4. The van der Waals surface area contributed by atoms with Gasteiger partial charge in [-0.2, -0.15) is 0 Å². The van der Waals surface area contributed by atoms with Crippen LogP contribution in [0.4, 0.5) is 5.95 Å². The van der Waals surface area contributed by atoms with Crippen molar-refractivity contribution >= 4 is 23.7 Å². The summed E-state index contributed by atoms with van der Waals surface area (Å²) >= 11 is 0. The molecule has 1 aromatic heterocycles. The van der Waals surface area contributed by atoms with E-state index in [2.05, 4.69) is 15.3 Å². The summed E-state index contributed by atoms with van der Waals surface area (Å²) in [4.78, 5) is 46.9. The Bertz CT molecular complexity index is 713. The molecule has 0 aromatic carbocycles. The summed E-state index contributed by atoms with van der Waals surface area (Å²) < 4.78 is 0. The van der Waals surface area contributed by atoms with Gasteiger partial charge in [0.1, 0.15) is 12.1 Å². The average molecular weight is 393 g/mol. The standard InChI is InChI=1S/C18H27N5O5/c1-3-4-6-12(14(24)16(26)22-28)17(27)23-10-5-7-13(23)15(25)21-18-19-9-8-11(2)20-18/h8-9,12-14,24,28H,3-7,10H2,1-2H3,(H,22,26)(H,19,20,21,25)/t12?,13-,14-/m0/s1. The number of aliphatic hydroxyl groups is 1. The zero-order valence-electron chi connectivity index (χ0n) is 16.1. The Morgan fingerprint density at radius 2 is 2.14 bits per heavy atom. The van der Waals surface area contributed by atoms with Crippen molar-refractivity contribution in [1.82, 2.24) is 20.3 Å². The fraction of sp³-hybridized carbons (Fsp3) is 0.611. The molecule has 10 heteroatoms. The lowest BCUT2D eigenvalue weighted by Gasteiger charge is -2.29. The normalized spacial score (nSPS) is 18.4. The fourth-order valence-electron chi connectivity index (χ4n) is 3.31. The molecular formula is C18H27N5O5. The van der Waals surface area contributed by atoms with Gasteiger partial charge in [0, 0.05) is 18.4 Å². The third-order valence-electron chi connectivity index (χ3n) is 4.81. The first-order valence-corrected chi connectivity index (χ1v) is 9.42. The summed E-state index contributed by atoms with van der Waals surface area (Å²) in [5, 5.41) is 21.6. The molecule has 1 aliphatic heterocycles. The van der Waals surface area contributed by atoms with Crippen LogP contribution in [0.5, 0.6) is 0 Å². The van der Waals surface area contributed by atoms with Crippen molar-refractivity contribution in [3.05, 3.63) is 18.0 Å². The van der Waals surface area contributed by atoms with E-state index in [9.17, 15) is 19.5 Å². The molecule has 1 saturated heterocycles. The highest BCUT2D eigenvalue weighted by molar-refractivity contribution is 5.97. The molecule has 2 rings (SSSR count). The summed E-state index contributed by atoms with van der Waals surface area (Å²) in [6, 6.07) is 0.970. The second-order valence-corrected chi connectivity index (χ2v) is 6.87. The van der Waals surface area contributed by atoms with E-state index in [4.69, 9.17) is 5.21 Å². The van der Waals surface area contributed by atoms with Crippen LogP contribution in [0.1, 0.15) is 44.7 Å². The van der Waals surface area contributed by atoms with Crippen molar-refractivity contribution < 1.29 is 24.7 Å². The van der Waals surface area contributed by atoms with Gasteiger partial charge in [-0.1, -0.05) is 19.8 Å². The van der Waals surface area contributed by atoms with Gasteiger partial charge in [-0.25, -0.2) is 15.4 Å². The van der Waals surface area contributed by atoms with Crippen LogP contribution >= 0.6 is 0 Å². The molecule has 3 atom stereocenters. The minimum atomic E-state index is -1.69. The van der Waals surface area contributed by atoms with Crippen LogP contribution in [0.25, 0.3) is 0 Å². The van der Waals surface area contributed by atoms with Crippen LogP contribution < -0.4 is 10.8 Å². The lowest BCUT2D eigenvalue weighted by Crippen LogP contribution is -2.50. The number of nitrogens with one attached hydrogen (secondary N) is 2. The van der Waals surface area contributed by atoms with Gasteiger partial charge < -0.3 is 10.0 Å². The molecule has 154 valence electrons. The number of hydrogen-bond acceptors (Lipinski definition) is 7. The van der Waals surface area contributed by atoms with E-state index in [1.54, 1.807) is 13.0 Å². The maximum Gasteiger partial charge on any atom is 0.272 e. The van der Waals surface area contributed by atoms with Gasteiger partial charge >= 0.3 is 0 Å². The third kappa shape index (κ3) is 5.23. The van der Waals surface area contributed by atoms with Gasteiger partial charge in [0.2, 0.25) is 17.8 Å². The number of unbranched alkanes of at least 4 members (excludes halogenated alkanes) is 1. The molecule has 1 aromatic rings. The van der Waals surface area contributed by atoms with Crippen molar-refractivity contribution in [2.45, 2.75) is 58.1 Å². The molecule has 4 N–H and O–H groups in total. The zero-order valence-corrected chi connectivity index (χ0v) is 16.1. The van der Waals surface area contributed by atoms with Gasteiger partial charge in [0.15, 0.2) is 0 Å². The topological polar surface area (TPSA) is 145 Å². The molecule has 1 aliphatic rings. The molecule has 0 spiro atoms. The Hall–Kier alpha value is -2.59. The van der Waals surface area contributed by atoms with Crippen LogP contribution in [0.2, 0.25) is 0 Å². The number of likely N-dealkylation sites (tertiary alicyclic amines) is 1. The Morgan fingerprint density at radius 1 is 1.39 bits per heavy atom. The predicted octanol–water partition coefficient (Wildman–Crippen LogP) is 0.387. The minimum Gasteiger partial charge on any atom is -0.382 e. The number of nitrogens with zero attached hydrogens (tertiary/aromatic N) is 3. The molecule has 0 bridgehead atoms. The highest BCUT2D eigenvalue weighted by Gasteiger charge is 2.41. The van der Waals surface area contributed by atoms with Crippen molar-refractivity contribution in [2.75, 3.05) is 11.9 Å². The number of rotatable bonds is 8. The van der Waals surface area contributed by atoms with Gasteiger partial charge in [0.05, 0.1) is 5.92 Å². The summed E-state index contributed by atoms with van der Waals surface area (Å²) in [5.41, 5.74) is 2.08. The van der Waals surface area contributed by atoms with Crippen LogP contribution in [-0.4, -0.2) is 61.6 Å². The smallest absolute Gasteiger partial charge is 0.272 e. The molecule has 1 unspecified atom stereocenters. The quantitative estimate of drug-likeness (QED) is 0.369. The van der Waals surface area contributed by atoms with Gasteiger partial charge in [0.25, 0.3) is 5.91 Å². The van der Waals surface area contributed by atoms with Crippen LogP contribution in [0.3, 0.4) is 0 Å². The molecule has 1 fully saturated rings. The number of carbonyl (C=O) groups is 3.